The Morgan fingerprint density at radius 1 is 1.27 bits per heavy atom. The van der Waals surface area contributed by atoms with Crippen LogP contribution in [0.15, 0.2) is 36.4 Å². The molecule has 1 heterocycles. The minimum absolute atomic E-state index is 0.0216. The van der Waals surface area contributed by atoms with E-state index in [9.17, 15) is 14.4 Å². The van der Waals surface area contributed by atoms with Crippen LogP contribution in [0.3, 0.4) is 0 Å². The van der Waals surface area contributed by atoms with E-state index in [1.54, 1.807) is 19.1 Å². The summed E-state index contributed by atoms with van der Waals surface area (Å²) < 4.78 is 0. The Hall–Kier alpha value is -2.43. The highest BCUT2D eigenvalue weighted by atomic mass is 16.2. The number of hydrogen-bond donors (Lipinski definition) is 1. The van der Waals surface area contributed by atoms with Crippen LogP contribution >= 0.6 is 0 Å². The normalized spacial score (nSPS) is 16.9. The molecule has 1 saturated heterocycles. The number of carbonyl (C=O) groups is 3. The Morgan fingerprint density at radius 3 is 2.41 bits per heavy atom. The Bertz CT molecular complexity index is 608. The van der Waals surface area contributed by atoms with Crippen molar-refractivity contribution in [2.75, 3.05) is 4.90 Å². The van der Waals surface area contributed by atoms with Crippen molar-refractivity contribution in [1.29, 1.82) is 0 Å². The summed E-state index contributed by atoms with van der Waals surface area (Å²) in [7, 11) is 0. The second kappa shape index (κ2) is 7.54. The van der Waals surface area contributed by atoms with Gasteiger partial charge in [-0.1, -0.05) is 38.6 Å². The molecule has 0 aromatic heterocycles. The largest absolute Gasteiger partial charge is 0.340 e. The predicted octanol–water partition coefficient (Wildman–Crippen LogP) is 2.35. The number of carbonyl (C=O) groups excluding carboxylic acids is 3. The molecule has 2 rings (SSSR count). The summed E-state index contributed by atoms with van der Waals surface area (Å²) in [5, 5.41) is 2.53. The summed E-state index contributed by atoms with van der Waals surface area (Å²) in [6.45, 7) is 10.9. The van der Waals surface area contributed by atoms with Crippen molar-refractivity contribution in [3.63, 3.8) is 0 Å². The SMILES string of the molecule is C=C(C)C(=O)NC1CC(=O)N(c2ccccc2C)C1=O.CC. The molecular formula is C17H22N2O3. The van der Waals surface area contributed by atoms with Crippen LogP contribution in [0, 0.1) is 6.92 Å². The molecule has 22 heavy (non-hydrogen) atoms. The van der Waals surface area contributed by atoms with E-state index < -0.39 is 17.9 Å². The van der Waals surface area contributed by atoms with Crippen molar-refractivity contribution >= 4 is 23.4 Å². The van der Waals surface area contributed by atoms with Crippen LogP contribution in [0.25, 0.3) is 0 Å². The van der Waals surface area contributed by atoms with Crippen molar-refractivity contribution in [2.45, 2.75) is 40.2 Å². The summed E-state index contributed by atoms with van der Waals surface area (Å²) >= 11 is 0. The zero-order valence-electron chi connectivity index (χ0n) is 13.5. The number of rotatable bonds is 3. The van der Waals surface area contributed by atoms with Gasteiger partial charge in [0.15, 0.2) is 0 Å². The lowest BCUT2D eigenvalue weighted by Gasteiger charge is -2.17. The van der Waals surface area contributed by atoms with Crippen molar-refractivity contribution in [1.82, 2.24) is 5.32 Å². The maximum Gasteiger partial charge on any atom is 0.256 e. The highest BCUT2D eigenvalue weighted by Crippen LogP contribution is 2.25. The van der Waals surface area contributed by atoms with Crippen molar-refractivity contribution in [3.8, 4) is 0 Å². The van der Waals surface area contributed by atoms with Gasteiger partial charge in [0.25, 0.3) is 5.91 Å². The fourth-order valence-electron chi connectivity index (χ4n) is 2.09. The first-order valence-electron chi connectivity index (χ1n) is 7.30. The first-order valence-corrected chi connectivity index (χ1v) is 7.30. The van der Waals surface area contributed by atoms with Gasteiger partial charge in [-0.2, -0.15) is 0 Å². The van der Waals surface area contributed by atoms with Gasteiger partial charge in [-0.25, -0.2) is 4.90 Å². The highest BCUT2D eigenvalue weighted by Gasteiger charge is 2.40. The van der Waals surface area contributed by atoms with Gasteiger partial charge in [-0.05, 0) is 25.5 Å². The number of amides is 3. The lowest BCUT2D eigenvalue weighted by Crippen LogP contribution is -2.42. The summed E-state index contributed by atoms with van der Waals surface area (Å²) in [6.07, 6.45) is -0.0216. The van der Waals surface area contributed by atoms with Crippen LogP contribution < -0.4 is 10.2 Å². The van der Waals surface area contributed by atoms with Crippen LogP contribution in [-0.4, -0.2) is 23.8 Å². The van der Waals surface area contributed by atoms with Gasteiger partial charge < -0.3 is 5.32 Å². The first-order chi connectivity index (χ1) is 10.4. The fraction of sp³-hybridized carbons (Fsp3) is 0.353. The molecule has 3 amide bonds. The average molecular weight is 302 g/mol. The monoisotopic (exact) mass is 302 g/mol. The van der Waals surface area contributed by atoms with E-state index in [0.717, 1.165) is 10.5 Å². The molecule has 1 fully saturated rings. The Morgan fingerprint density at radius 2 is 1.86 bits per heavy atom. The zero-order valence-corrected chi connectivity index (χ0v) is 13.5. The third kappa shape index (κ3) is 3.61. The average Bonchev–Trinajstić information content (AvgIpc) is 2.76. The standard InChI is InChI=1S/C15H16N2O3.C2H6/c1-9(2)14(19)16-11-8-13(18)17(15(11)20)12-7-5-4-6-10(12)3;1-2/h4-7,11H,1,8H2,2-3H3,(H,16,19);1-2H3. The van der Waals surface area contributed by atoms with Crippen LogP contribution in [0.5, 0.6) is 0 Å². The van der Waals surface area contributed by atoms with E-state index in [1.165, 1.54) is 0 Å². The third-order valence-corrected chi connectivity index (χ3v) is 3.20. The molecule has 1 unspecified atom stereocenters. The Balaban J connectivity index is 0.00000116. The van der Waals surface area contributed by atoms with Gasteiger partial charge in [0.2, 0.25) is 11.8 Å². The number of hydrogen-bond acceptors (Lipinski definition) is 3. The maximum absolute atomic E-state index is 12.3. The van der Waals surface area contributed by atoms with Crippen molar-refractivity contribution in [2.24, 2.45) is 0 Å². The smallest absolute Gasteiger partial charge is 0.256 e. The molecule has 118 valence electrons. The number of imide groups is 1. The lowest BCUT2D eigenvalue weighted by molar-refractivity contribution is -0.124. The van der Waals surface area contributed by atoms with Crippen LogP contribution in [-0.2, 0) is 14.4 Å². The molecule has 5 heteroatoms. The quantitative estimate of drug-likeness (QED) is 0.688. The molecule has 1 aliphatic heterocycles. The van der Waals surface area contributed by atoms with Gasteiger partial charge in [0.1, 0.15) is 6.04 Å². The van der Waals surface area contributed by atoms with Gasteiger partial charge in [0.05, 0.1) is 12.1 Å². The molecule has 1 atom stereocenters. The van der Waals surface area contributed by atoms with Crippen LogP contribution in [0.1, 0.15) is 32.8 Å². The number of aryl methyl sites for hydroxylation is 1. The maximum atomic E-state index is 12.3. The van der Waals surface area contributed by atoms with Crippen molar-refractivity contribution < 1.29 is 14.4 Å². The number of anilines is 1. The highest BCUT2D eigenvalue weighted by molar-refractivity contribution is 6.23. The zero-order chi connectivity index (χ0) is 16.9. The Labute approximate surface area is 131 Å². The van der Waals surface area contributed by atoms with E-state index in [2.05, 4.69) is 11.9 Å². The number of benzene rings is 1. The molecule has 1 aromatic rings. The minimum atomic E-state index is -0.814. The second-order valence-corrected chi connectivity index (χ2v) is 4.86. The van der Waals surface area contributed by atoms with E-state index in [-0.39, 0.29) is 12.3 Å². The molecule has 0 spiro atoms. The molecular weight excluding hydrogens is 280 g/mol. The van der Waals surface area contributed by atoms with Gasteiger partial charge in [-0.3, -0.25) is 14.4 Å². The van der Waals surface area contributed by atoms with Gasteiger partial charge >= 0.3 is 0 Å². The summed E-state index contributed by atoms with van der Waals surface area (Å²) in [4.78, 5) is 37.0. The Kier molecular flexibility index (Phi) is 6.04. The molecule has 0 aliphatic carbocycles. The molecule has 0 saturated carbocycles. The van der Waals surface area contributed by atoms with E-state index in [4.69, 9.17) is 0 Å². The molecule has 5 nitrogen and oxygen atoms in total. The number of nitrogens with zero attached hydrogens (tertiary/aromatic N) is 1. The fourth-order valence-corrected chi connectivity index (χ4v) is 2.09. The summed E-state index contributed by atoms with van der Waals surface area (Å²) in [6, 6.07) is 6.34. The van der Waals surface area contributed by atoms with Gasteiger partial charge in [-0.15, -0.1) is 0 Å². The minimum Gasteiger partial charge on any atom is -0.340 e. The first kappa shape index (κ1) is 17.6. The molecule has 0 radical (unpaired) electrons. The van der Waals surface area contributed by atoms with E-state index in [1.807, 2.05) is 32.9 Å². The molecule has 1 aliphatic rings. The summed E-state index contributed by atoms with van der Waals surface area (Å²) in [5.41, 5.74) is 1.70. The molecule has 1 N–H and O–H groups in total. The van der Waals surface area contributed by atoms with Crippen molar-refractivity contribution in [3.05, 3.63) is 42.0 Å². The van der Waals surface area contributed by atoms with Crippen LogP contribution in [0.2, 0.25) is 0 Å². The number of nitrogens with one attached hydrogen (secondary N) is 1. The van der Waals surface area contributed by atoms with E-state index >= 15 is 0 Å². The van der Waals surface area contributed by atoms with Gasteiger partial charge in [0, 0.05) is 5.57 Å². The predicted molar refractivity (Wildman–Crippen MR) is 86.4 cm³/mol. The topological polar surface area (TPSA) is 66.5 Å². The lowest BCUT2D eigenvalue weighted by atomic mass is 10.2. The number of para-hydroxylation sites is 1. The third-order valence-electron chi connectivity index (χ3n) is 3.20. The summed E-state index contributed by atoms with van der Waals surface area (Å²) in [5.74, 6) is -1.13. The molecule has 1 aromatic carbocycles. The van der Waals surface area contributed by atoms with Crippen LogP contribution in [0.4, 0.5) is 5.69 Å². The van der Waals surface area contributed by atoms with E-state index in [0.29, 0.717) is 11.3 Å². The second-order valence-electron chi connectivity index (χ2n) is 4.86. The molecule has 0 bridgehead atoms.